The zero-order valence-corrected chi connectivity index (χ0v) is 16.3. The average molecular weight is 380 g/mol. The van der Waals surface area contributed by atoms with Crippen LogP contribution < -0.4 is 5.32 Å². The van der Waals surface area contributed by atoms with Gasteiger partial charge in [-0.15, -0.1) is 0 Å². The number of carbonyl (C=O) groups is 1. The molecule has 2 aliphatic rings. The van der Waals surface area contributed by atoms with Gasteiger partial charge in [0, 0.05) is 25.3 Å². The number of piperidine rings is 2. The van der Waals surface area contributed by atoms with Crippen molar-refractivity contribution in [2.75, 3.05) is 38.0 Å². The Morgan fingerprint density at radius 1 is 1.15 bits per heavy atom. The van der Waals surface area contributed by atoms with Crippen molar-refractivity contribution in [1.29, 1.82) is 0 Å². The van der Waals surface area contributed by atoms with Gasteiger partial charge in [0.25, 0.3) is 0 Å². The molecule has 7 heteroatoms. The van der Waals surface area contributed by atoms with Gasteiger partial charge in [0.2, 0.25) is 15.9 Å². The molecule has 0 spiro atoms. The number of carbonyl (C=O) groups excluding carboxylic acids is 1. The summed E-state index contributed by atoms with van der Waals surface area (Å²) in [6.45, 7) is 5.60. The predicted molar refractivity (Wildman–Crippen MR) is 103 cm³/mol. The first-order valence-electron chi connectivity index (χ1n) is 9.57. The van der Waals surface area contributed by atoms with Crippen LogP contribution in [0.3, 0.4) is 0 Å². The molecule has 1 amide bonds. The third-order valence-electron chi connectivity index (χ3n) is 5.18. The normalized spacial score (nSPS) is 22.9. The lowest BCUT2D eigenvalue weighted by atomic mass is 10.0. The molecule has 0 saturated carbocycles. The molecule has 2 fully saturated rings. The van der Waals surface area contributed by atoms with Crippen molar-refractivity contribution in [3.05, 3.63) is 24.3 Å². The number of anilines is 1. The van der Waals surface area contributed by atoms with Gasteiger partial charge in [-0.2, -0.15) is 4.31 Å². The highest BCUT2D eigenvalue weighted by Gasteiger charge is 2.26. The summed E-state index contributed by atoms with van der Waals surface area (Å²) in [6.07, 6.45) is 5.23. The molecular formula is C19H29N3O3S. The molecule has 0 bridgehead atoms. The number of rotatable bonds is 5. The Kier molecular flexibility index (Phi) is 6.32. The number of nitrogens with one attached hydrogen (secondary N) is 1. The predicted octanol–water partition coefficient (Wildman–Crippen LogP) is 2.53. The zero-order valence-electron chi connectivity index (χ0n) is 15.5. The third kappa shape index (κ3) is 4.84. The van der Waals surface area contributed by atoms with Gasteiger partial charge in [-0.3, -0.25) is 9.69 Å². The molecule has 0 radical (unpaired) electrons. The number of hydrogen-bond acceptors (Lipinski definition) is 4. The van der Waals surface area contributed by atoms with E-state index in [1.165, 1.54) is 6.42 Å². The summed E-state index contributed by atoms with van der Waals surface area (Å²) in [7, 11) is -3.48. The Bertz CT molecular complexity index is 729. The molecule has 0 aliphatic carbocycles. The van der Waals surface area contributed by atoms with Gasteiger partial charge in [0.15, 0.2) is 0 Å². The highest BCUT2D eigenvalue weighted by atomic mass is 32.2. The Hall–Kier alpha value is -1.44. The average Bonchev–Trinajstić information content (AvgIpc) is 2.62. The van der Waals surface area contributed by atoms with Crippen LogP contribution in [0, 0.1) is 5.92 Å². The summed E-state index contributed by atoms with van der Waals surface area (Å²) in [5.41, 5.74) is 0.540. The van der Waals surface area contributed by atoms with E-state index in [1.807, 2.05) is 0 Å². The van der Waals surface area contributed by atoms with Gasteiger partial charge in [-0.1, -0.05) is 19.4 Å². The van der Waals surface area contributed by atoms with E-state index in [9.17, 15) is 13.2 Å². The SMILES string of the molecule is C[C@H]1CCCN(CC(=O)Nc2cccc(S(=O)(=O)N3CCCCC3)c2)C1. The standard InChI is InChI=1S/C19H29N3O3S/c1-16-7-6-10-21(14-16)15-19(23)20-17-8-5-9-18(13-17)26(24,25)22-11-3-2-4-12-22/h5,8-9,13,16H,2-4,6-7,10-12,14-15H2,1H3,(H,20,23)/t16-/m0/s1. The van der Waals surface area contributed by atoms with Crippen molar-refractivity contribution in [3.63, 3.8) is 0 Å². The molecule has 2 aliphatic heterocycles. The fourth-order valence-corrected chi connectivity index (χ4v) is 5.39. The van der Waals surface area contributed by atoms with Crippen LogP contribution in [-0.4, -0.2) is 56.3 Å². The topological polar surface area (TPSA) is 69.7 Å². The first kappa shape index (κ1) is 19.3. The van der Waals surface area contributed by atoms with Crippen molar-refractivity contribution in [1.82, 2.24) is 9.21 Å². The minimum absolute atomic E-state index is 0.0911. The molecule has 144 valence electrons. The monoisotopic (exact) mass is 379 g/mol. The summed E-state index contributed by atoms with van der Waals surface area (Å²) in [5, 5.41) is 2.86. The maximum atomic E-state index is 12.8. The van der Waals surface area contributed by atoms with Gasteiger partial charge >= 0.3 is 0 Å². The molecule has 0 aromatic heterocycles. The van der Waals surface area contributed by atoms with Crippen LogP contribution in [0.1, 0.15) is 39.0 Å². The molecule has 6 nitrogen and oxygen atoms in total. The number of sulfonamides is 1. The van der Waals surface area contributed by atoms with E-state index in [1.54, 1.807) is 28.6 Å². The molecule has 1 aromatic rings. The number of amides is 1. The quantitative estimate of drug-likeness (QED) is 0.853. The van der Waals surface area contributed by atoms with E-state index in [2.05, 4.69) is 17.1 Å². The van der Waals surface area contributed by atoms with E-state index in [0.717, 1.165) is 38.8 Å². The van der Waals surface area contributed by atoms with Crippen molar-refractivity contribution in [3.8, 4) is 0 Å². The van der Waals surface area contributed by atoms with Gasteiger partial charge in [0.05, 0.1) is 11.4 Å². The summed E-state index contributed by atoms with van der Waals surface area (Å²) in [5.74, 6) is 0.529. The molecule has 1 aromatic carbocycles. The van der Waals surface area contributed by atoms with Gasteiger partial charge < -0.3 is 5.32 Å². The summed E-state index contributed by atoms with van der Waals surface area (Å²) in [4.78, 5) is 14.8. The fraction of sp³-hybridized carbons (Fsp3) is 0.632. The Morgan fingerprint density at radius 3 is 2.65 bits per heavy atom. The molecule has 2 heterocycles. The number of nitrogens with zero attached hydrogens (tertiary/aromatic N) is 2. The van der Waals surface area contributed by atoms with Crippen LogP contribution in [-0.2, 0) is 14.8 Å². The van der Waals surface area contributed by atoms with E-state index >= 15 is 0 Å². The van der Waals surface area contributed by atoms with Crippen LogP contribution in [0.15, 0.2) is 29.2 Å². The number of likely N-dealkylation sites (tertiary alicyclic amines) is 1. The molecule has 2 saturated heterocycles. The number of benzene rings is 1. The van der Waals surface area contributed by atoms with Crippen molar-refractivity contribution >= 4 is 21.6 Å². The second-order valence-corrected chi connectivity index (χ2v) is 9.46. The minimum Gasteiger partial charge on any atom is -0.325 e. The van der Waals surface area contributed by atoms with Gasteiger partial charge in [0.1, 0.15) is 0 Å². The molecule has 1 N–H and O–H groups in total. The zero-order chi connectivity index (χ0) is 18.6. The Labute approximate surface area is 156 Å². The molecule has 3 rings (SSSR count). The highest BCUT2D eigenvalue weighted by molar-refractivity contribution is 7.89. The highest BCUT2D eigenvalue weighted by Crippen LogP contribution is 2.23. The fourth-order valence-electron chi connectivity index (χ4n) is 3.82. The van der Waals surface area contributed by atoms with Crippen molar-refractivity contribution in [2.24, 2.45) is 5.92 Å². The first-order chi connectivity index (χ1) is 12.4. The minimum atomic E-state index is -3.48. The van der Waals surface area contributed by atoms with E-state index in [4.69, 9.17) is 0 Å². The van der Waals surface area contributed by atoms with Crippen molar-refractivity contribution in [2.45, 2.75) is 43.9 Å². The lowest BCUT2D eigenvalue weighted by Crippen LogP contribution is -2.39. The van der Waals surface area contributed by atoms with Gasteiger partial charge in [-0.25, -0.2) is 8.42 Å². The molecular weight excluding hydrogens is 350 g/mol. The molecule has 26 heavy (non-hydrogen) atoms. The van der Waals surface area contributed by atoms with Crippen LogP contribution in [0.25, 0.3) is 0 Å². The molecule has 0 unspecified atom stereocenters. The maximum absolute atomic E-state index is 12.8. The van der Waals surface area contributed by atoms with Crippen LogP contribution >= 0.6 is 0 Å². The van der Waals surface area contributed by atoms with E-state index < -0.39 is 10.0 Å². The number of hydrogen-bond donors (Lipinski definition) is 1. The summed E-state index contributed by atoms with van der Waals surface area (Å²) < 4.78 is 27.1. The lowest BCUT2D eigenvalue weighted by molar-refractivity contribution is -0.117. The smallest absolute Gasteiger partial charge is 0.243 e. The largest absolute Gasteiger partial charge is 0.325 e. The third-order valence-corrected chi connectivity index (χ3v) is 7.07. The second-order valence-electron chi connectivity index (χ2n) is 7.52. The second kappa shape index (κ2) is 8.50. The maximum Gasteiger partial charge on any atom is 0.243 e. The lowest BCUT2D eigenvalue weighted by Gasteiger charge is -2.30. The Balaban J connectivity index is 1.64. The van der Waals surface area contributed by atoms with Crippen LogP contribution in [0.2, 0.25) is 0 Å². The van der Waals surface area contributed by atoms with Crippen molar-refractivity contribution < 1.29 is 13.2 Å². The first-order valence-corrected chi connectivity index (χ1v) is 11.0. The summed E-state index contributed by atoms with van der Waals surface area (Å²) >= 11 is 0. The molecule has 1 atom stereocenters. The van der Waals surface area contributed by atoms with E-state index in [0.29, 0.717) is 31.2 Å². The van der Waals surface area contributed by atoms with Gasteiger partial charge in [-0.05, 0) is 56.3 Å². The van der Waals surface area contributed by atoms with Crippen LogP contribution in [0.4, 0.5) is 5.69 Å². The van der Waals surface area contributed by atoms with E-state index in [-0.39, 0.29) is 10.8 Å². The van der Waals surface area contributed by atoms with Crippen LogP contribution in [0.5, 0.6) is 0 Å². The summed E-state index contributed by atoms with van der Waals surface area (Å²) in [6, 6.07) is 6.61. The Morgan fingerprint density at radius 2 is 1.92 bits per heavy atom.